The van der Waals surface area contributed by atoms with Crippen molar-refractivity contribution in [1.82, 2.24) is 19.8 Å². The topological polar surface area (TPSA) is 93.5 Å². The number of aromatic nitrogens is 4. The minimum absolute atomic E-state index is 0.0116. The second-order valence-corrected chi connectivity index (χ2v) is 8.89. The Hall–Kier alpha value is -3.17. The number of ether oxygens (including phenoxy) is 2. The number of aromatic amines is 1. The van der Waals surface area contributed by atoms with Gasteiger partial charge in [0.15, 0.2) is 17.4 Å². The van der Waals surface area contributed by atoms with Crippen LogP contribution in [0.25, 0.3) is 27.5 Å². The van der Waals surface area contributed by atoms with Gasteiger partial charge in [-0.25, -0.2) is 8.91 Å². The monoisotopic (exact) mass is 469 g/mol. The zero-order chi connectivity index (χ0) is 22.5. The Kier molecular flexibility index (Phi) is 4.95. The molecule has 10 heteroatoms. The summed E-state index contributed by atoms with van der Waals surface area (Å²) in [6.45, 7) is 0.941. The molecule has 1 unspecified atom stereocenters. The van der Waals surface area contributed by atoms with Crippen molar-refractivity contribution in [2.75, 3.05) is 18.5 Å². The quantitative estimate of drug-likeness (QED) is 0.431. The summed E-state index contributed by atoms with van der Waals surface area (Å²) in [5.74, 6) is -0.0490. The van der Waals surface area contributed by atoms with E-state index >= 15 is 4.39 Å². The first-order valence-electron chi connectivity index (χ1n) is 11.0. The molecule has 1 aliphatic heterocycles. The van der Waals surface area contributed by atoms with Gasteiger partial charge in [0.2, 0.25) is 5.91 Å². The molecule has 1 saturated heterocycles. The fraction of sp³-hybridized carbons (Fsp3) is 0.348. The predicted octanol–water partition coefficient (Wildman–Crippen LogP) is 4.58. The van der Waals surface area contributed by atoms with Crippen LogP contribution in [0.15, 0.2) is 30.6 Å². The highest BCUT2D eigenvalue weighted by atomic mass is 35.5. The van der Waals surface area contributed by atoms with Gasteiger partial charge in [-0.2, -0.15) is 10.2 Å². The summed E-state index contributed by atoms with van der Waals surface area (Å²) in [5.41, 5.74) is 2.39. The molecule has 1 amide bonds. The van der Waals surface area contributed by atoms with E-state index in [4.69, 9.17) is 21.1 Å². The lowest BCUT2D eigenvalue weighted by Gasteiger charge is -2.15. The number of pyridine rings is 1. The molecule has 1 aliphatic carbocycles. The minimum atomic E-state index is -0.646. The van der Waals surface area contributed by atoms with Crippen LogP contribution in [0.1, 0.15) is 25.7 Å². The Balaban J connectivity index is 1.36. The average molecular weight is 470 g/mol. The first-order chi connectivity index (χ1) is 16.1. The van der Waals surface area contributed by atoms with Gasteiger partial charge in [-0.05, 0) is 43.4 Å². The summed E-state index contributed by atoms with van der Waals surface area (Å²) in [6.07, 6.45) is 6.99. The first kappa shape index (κ1) is 20.4. The fourth-order valence-corrected chi connectivity index (χ4v) is 4.54. The van der Waals surface area contributed by atoms with Crippen molar-refractivity contribution >= 4 is 39.7 Å². The summed E-state index contributed by atoms with van der Waals surface area (Å²) < 4.78 is 28.4. The van der Waals surface area contributed by atoms with Crippen molar-refractivity contribution in [3.63, 3.8) is 0 Å². The Morgan fingerprint density at radius 2 is 2.24 bits per heavy atom. The molecule has 2 N–H and O–H groups in total. The van der Waals surface area contributed by atoms with Crippen LogP contribution >= 0.6 is 11.6 Å². The molecule has 3 aromatic heterocycles. The molecule has 170 valence electrons. The van der Waals surface area contributed by atoms with Gasteiger partial charge in [0, 0.05) is 35.7 Å². The number of carbonyl (C=O) groups excluding carboxylic acids is 1. The highest BCUT2D eigenvalue weighted by Gasteiger charge is 2.30. The molecule has 1 atom stereocenters. The SMILES string of the molecule is O=C(Nc1cc2cc(-c3c(Cl)c(F)c(OCC4CCCO4)c4[nH]ncc34)ccn2n1)C1CC1. The van der Waals surface area contributed by atoms with Gasteiger partial charge in [-0.3, -0.25) is 9.89 Å². The maximum absolute atomic E-state index is 15.4. The van der Waals surface area contributed by atoms with Crippen molar-refractivity contribution in [3.05, 3.63) is 41.4 Å². The molecule has 1 saturated carbocycles. The number of amides is 1. The van der Waals surface area contributed by atoms with Gasteiger partial charge in [0.05, 0.1) is 22.8 Å². The summed E-state index contributed by atoms with van der Waals surface area (Å²) in [4.78, 5) is 12.1. The van der Waals surface area contributed by atoms with Gasteiger partial charge in [0.1, 0.15) is 12.1 Å². The number of H-pyrrole nitrogens is 1. The third-order valence-electron chi connectivity index (χ3n) is 6.14. The predicted molar refractivity (Wildman–Crippen MR) is 121 cm³/mol. The van der Waals surface area contributed by atoms with Gasteiger partial charge in [-0.1, -0.05) is 11.6 Å². The van der Waals surface area contributed by atoms with Gasteiger partial charge >= 0.3 is 0 Å². The molecule has 0 bridgehead atoms. The van der Waals surface area contributed by atoms with Crippen molar-refractivity contribution in [1.29, 1.82) is 0 Å². The molecule has 4 aromatic rings. The molecular weight excluding hydrogens is 449 g/mol. The molecule has 6 rings (SSSR count). The van der Waals surface area contributed by atoms with Crippen molar-refractivity contribution in [2.24, 2.45) is 5.92 Å². The number of carbonyl (C=O) groups is 1. The smallest absolute Gasteiger partial charge is 0.228 e. The number of nitrogens with zero attached hydrogens (tertiary/aromatic N) is 3. The lowest BCUT2D eigenvalue weighted by molar-refractivity contribution is -0.117. The highest BCUT2D eigenvalue weighted by molar-refractivity contribution is 6.35. The average Bonchev–Trinajstić information content (AvgIpc) is 3.17. The summed E-state index contributed by atoms with van der Waals surface area (Å²) in [6, 6.07) is 5.42. The number of fused-ring (bicyclic) bond motifs is 2. The maximum atomic E-state index is 15.4. The van der Waals surface area contributed by atoms with Crippen LogP contribution in [0.5, 0.6) is 5.75 Å². The molecule has 2 aliphatic rings. The molecule has 0 spiro atoms. The lowest BCUT2D eigenvalue weighted by Crippen LogP contribution is -2.17. The zero-order valence-electron chi connectivity index (χ0n) is 17.6. The third-order valence-corrected chi connectivity index (χ3v) is 6.49. The number of rotatable bonds is 6. The number of nitrogens with one attached hydrogen (secondary N) is 2. The summed E-state index contributed by atoms with van der Waals surface area (Å²) in [5, 5.41) is 14.8. The van der Waals surface area contributed by atoms with E-state index in [2.05, 4.69) is 20.6 Å². The fourth-order valence-electron chi connectivity index (χ4n) is 4.24. The van der Waals surface area contributed by atoms with E-state index in [1.165, 1.54) is 0 Å². The van der Waals surface area contributed by atoms with E-state index in [1.807, 2.05) is 6.07 Å². The maximum Gasteiger partial charge on any atom is 0.228 e. The number of hydrogen-bond acceptors (Lipinski definition) is 5. The van der Waals surface area contributed by atoms with Crippen LogP contribution in [-0.4, -0.2) is 45.0 Å². The molecule has 8 nitrogen and oxygen atoms in total. The standard InChI is InChI=1S/C23H21ClFN5O3/c24-19-18(13-5-6-30-14(8-13)9-17(29-30)27-23(31)12-3-4-12)16-10-26-28-21(16)22(20(19)25)33-11-15-2-1-7-32-15/h5-6,8-10,12,15H,1-4,7,11H2,(H,26,28)(H,27,29,31). The number of anilines is 1. The second-order valence-electron chi connectivity index (χ2n) is 8.51. The van der Waals surface area contributed by atoms with Crippen LogP contribution in [0, 0.1) is 11.7 Å². The van der Waals surface area contributed by atoms with Crippen LogP contribution in [0.4, 0.5) is 10.2 Å². The molecule has 2 fully saturated rings. The van der Waals surface area contributed by atoms with Crippen LogP contribution in [0.3, 0.4) is 0 Å². The summed E-state index contributed by atoms with van der Waals surface area (Å²) in [7, 11) is 0. The number of hydrogen-bond donors (Lipinski definition) is 2. The Morgan fingerprint density at radius 1 is 1.36 bits per heavy atom. The van der Waals surface area contributed by atoms with Crippen molar-refractivity contribution in [2.45, 2.75) is 31.8 Å². The Labute approximate surface area is 193 Å². The third kappa shape index (κ3) is 3.71. The lowest BCUT2D eigenvalue weighted by atomic mass is 10.0. The molecule has 1 aromatic carbocycles. The van der Waals surface area contributed by atoms with E-state index in [0.717, 1.165) is 31.2 Å². The van der Waals surface area contributed by atoms with E-state index in [-0.39, 0.29) is 35.3 Å². The molecule has 0 radical (unpaired) electrons. The van der Waals surface area contributed by atoms with Gasteiger partial charge < -0.3 is 14.8 Å². The zero-order valence-corrected chi connectivity index (χ0v) is 18.4. The largest absolute Gasteiger partial charge is 0.485 e. The van der Waals surface area contributed by atoms with E-state index in [9.17, 15) is 4.79 Å². The minimum Gasteiger partial charge on any atom is -0.485 e. The van der Waals surface area contributed by atoms with E-state index < -0.39 is 5.82 Å². The number of benzene rings is 1. The Bertz CT molecular complexity index is 1370. The van der Waals surface area contributed by atoms with E-state index in [0.29, 0.717) is 34.5 Å². The molecular formula is C23H21ClFN5O3. The Morgan fingerprint density at radius 3 is 3.03 bits per heavy atom. The van der Waals surface area contributed by atoms with Crippen LogP contribution in [0.2, 0.25) is 5.02 Å². The van der Waals surface area contributed by atoms with Gasteiger partial charge in [-0.15, -0.1) is 0 Å². The van der Waals surface area contributed by atoms with Crippen LogP contribution < -0.4 is 10.1 Å². The van der Waals surface area contributed by atoms with E-state index in [1.54, 1.807) is 29.0 Å². The van der Waals surface area contributed by atoms with Crippen LogP contribution in [-0.2, 0) is 9.53 Å². The highest BCUT2D eigenvalue weighted by Crippen LogP contribution is 2.43. The van der Waals surface area contributed by atoms with Gasteiger partial charge in [0.25, 0.3) is 0 Å². The first-order valence-corrected chi connectivity index (χ1v) is 11.4. The molecule has 4 heterocycles. The molecule has 33 heavy (non-hydrogen) atoms. The van der Waals surface area contributed by atoms with Crippen molar-refractivity contribution < 1.29 is 18.7 Å². The second kappa shape index (κ2) is 8.00. The summed E-state index contributed by atoms with van der Waals surface area (Å²) >= 11 is 6.52. The van der Waals surface area contributed by atoms with Crippen molar-refractivity contribution in [3.8, 4) is 16.9 Å². The normalized spacial score (nSPS) is 18.3. The number of halogens is 2.